The molecule has 18 rings (SSSR count). The molecule has 17 aromatic rings. The Hall–Kier alpha value is -12.7. The first kappa shape index (κ1) is 111. The number of benzene rings is 5. The fourth-order valence-electron chi connectivity index (χ4n) is 14.3. The number of methoxy groups -OCH3 is 1. The maximum Gasteiger partial charge on any atom is 0.330 e. The number of carbonyl (C=O) groups excluding carboxylic acids is 6. The van der Waals surface area contributed by atoms with Crippen LogP contribution >= 0.6 is 155 Å². The molecular weight excluding hydrogens is 2130 g/mol. The number of aromatic hydroxyl groups is 1. The molecule has 0 atom stereocenters. The highest BCUT2D eigenvalue weighted by Gasteiger charge is 2.24. The standard InChI is InChI=1S/C16H15ClN4O2S2.2C16H16N4O3S2.2C16H16N4O2S2.C13H17N5O3S2/c1-8-6-9(4-5-10(8)17)11(22)7-25-15-18-12-13(19-15)20(2)16(23)21(3)14(12)24;1-19-13-12(14(24)20(2)16(19)22)17-15(18-13)25-8-11(21)9-4-6-10(23-3)7-5-9;1-8-6-9(4-5-10(8)21)11(22)7-25-15-17-12-13(18-15)19(2)16(23)20(3)14(12)24;2*1-9-4-6-10(7-5-9)11(21)8-24-15-17-12-13(18-15)19(2)16(22)20(3)14(12)23;1-16-10-9(11(22)17(2)13(16)20)14-12(15-10)23-7-8(19)18-3-5-21-6-4-18/h4-6H,7H2,1-3H3,(H,18,19);4-7H,8H2,1-3H3,(H,17,18);4-6,21H,7H2,1-3H3,(H,17,18);2*4-7H,8H2,1-3H3,(H,17,18);3-7H2,1-2H3,(H,14,15). The normalized spacial score (nSPS) is 11.8. The first-order valence-corrected chi connectivity index (χ1v) is 52.6. The third kappa shape index (κ3) is 24.9. The van der Waals surface area contributed by atoms with E-state index in [9.17, 15) is 62.6 Å². The summed E-state index contributed by atoms with van der Waals surface area (Å²) in [4.78, 5) is 193. The zero-order chi connectivity index (χ0) is 106. The van der Waals surface area contributed by atoms with E-state index in [0.29, 0.717) is 196 Å². The number of ketones is 5. The van der Waals surface area contributed by atoms with Crippen LogP contribution in [0.4, 0.5) is 0 Å². The molecule has 0 radical (unpaired) electrons. The maximum atomic E-state index is 12.4. The molecule has 1 fully saturated rings. The summed E-state index contributed by atoms with van der Waals surface area (Å²) in [7, 11) is 21.1. The summed E-state index contributed by atoms with van der Waals surface area (Å²) >= 11 is 45.3. The summed E-state index contributed by atoms with van der Waals surface area (Å²) in [6.45, 7) is 9.97. The van der Waals surface area contributed by atoms with Crippen molar-refractivity contribution in [3.05, 3.63) is 255 Å². The molecule has 0 spiro atoms. The molecule has 1 saturated heterocycles. The largest absolute Gasteiger partial charge is 0.508 e. The lowest BCUT2D eigenvalue weighted by Crippen LogP contribution is -2.41. The van der Waals surface area contributed by atoms with E-state index in [1.54, 1.807) is 158 Å². The lowest BCUT2D eigenvalue weighted by atomic mass is 10.1. The van der Waals surface area contributed by atoms with Gasteiger partial charge in [-0.15, -0.1) is 0 Å². The number of hydrogen-bond donors (Lipinski definition) is 7. The van der Waals surface area contributed by atoms with E-state index in [-0.39, 0.29) is 109 Å². The molecular formula is C93H96ClN25O15S12. The van der Waals surface area contributed by atoms with Gasteiger partial charge in [0.1, 0.15) is 72.4 Å². The van der Waals surface area contributed by atoms with Gasteiger partial charge >= 0.3 is 34.1 Å². The van der Waals surface area contributed by atoms with Gasteiger partial charge in [-0.1, -0.05) is 215 Å². The number of morpholine rings is 1. The number of hydrogen-bond acceptors (Lipinski definition) is 33. The van der Waals surface area contributed by atoms with E-state index in [2.05, 4.69) is 59.8 Å². The molecule has 0 bridgehead atoms. The second-order valence-electron chi connectivity index (χ2n) is 32.9. The molecule has 7 N–H and O–H groups in total. The van der Waals surface area contributed by atoms with Gasteiger partial charge in [-0.3, -0.25) is 83.6 Å². The molecule has 1 amide bonds. The minimum atomic E-state index is -0.254. The van der Waals surface area contributed by atoms with Crippen LogP contribution in [0.2, 0.25) is 5.02 Å². The Morgan fingerprint density at radius 1 is 0.336 bits per heavy atom. The predicted molar refractivity (Wildman–Crippen MR) is 585 cm³/mol. The van der Waals surface area contributed by atoms with E-state index < -0.39 is 0 Å². The number of amides is 1. The average molecular weight is 2220 g/mol. The minimum Gasteiger partial charge on any atom is -0.508 e. The number of nitrogens with one attached hydrogen (secondary N) is 6. The van der Waals surface area contributed by atoms with Crippen LogP contribution in [0.5, 0.6) is 11.5 Å². The monoisotopic (exact) mass is 2220 g/mol. The summed E-state index contributed by atoms with van der Waals surface area (Å²) < 4.78 is 29.6. The van der Waals surface area contributed by atoms with Crippen molar-refractivity contribution in [2.45, 2.75) is 58.6 Å². The molecule has 1 aliphatic rings. The highest BCUT2D eigenvalue weighted by molar-refractivity contribution is 8.01. The van der Waals surface area contributed by atoms with Crippen molar-refractivity contribution in [1.29, 1.82) is 0 Å². The highest BCUT2D eigenvalue weighted by atomic mass is 35.5. The topological polar surface area (TPSA) is 478 Å². The molecule has 13 heterocycles. The average Bonchev–Trinajstić information content (AvgIpc) is 1.63. The minimum absolute atomic E-state index is 0.0221. The molecule has 0 unspecified atom stereocenters. The molecule has 0 saturated carbocycles. The number of ether oxygens (including phenoxy) is 2. The van der Waals surface area contributed by atoms with Crippen molar-refractivity contribution in [2.75, 3.05) is 67.9 Å². The number of carbonyl (C=O) groups is 6. The summed E-state index contributed by atoms with van der Waals surface area (Å²) in [5, 5.41) is 13.5. The molecule has 53 heteroatoms. The van der Waals surface area contributed by atoms with Gasteiger partial charge in [-0.2, -0.15) is 0 Å². The van der Waals surface area contributed by atoms with Crippen LogP contribution in [0.25, 0.3) is 67.0 Å². The fourth-order valence-corrected chi connectivity index (χ4v) is 20.3. The first-order valence-electron chi connectivity index (χ1n) is 43.8. The quantitative estimate of drug-likeness (QED) is 0.0168. The van der Waals surface area contributed by atoms with Crippen molar-refractivity contribution in [3.8, 4) is 11.5 Å². The van der Waals surface area contributed by atoms with Crippen molar-refractivity contribution >= 4 is 257 Å². The second-order valence-corrected chi connectivity index (χ2v) is 41.5. The van der Waals surface area contributed by atoms with E-state index in [1.165, 1.54) is 131 Å². The van der Waals surface area contributed by atoms with Crippen molar-refractivity contribution in [3.63, 3.8) is 0 Å². The van der Waals surface area contributed by atoms with Crippen LogP contribution in [0.15, 0.2) is 169 Å². The summed E-state index contributed by atoms with van der Waals surface area (Å²) in [6, 6.07) is 31.9. The van der Waals surface area contributed by atoms with Crippen molar-refractivity contribution < 1.29 is 43.3 Å². The van der Waals surface area contributed by atoms with Gasteiger partial charge in [0.15, 0.2) is 93.7 Å². The molecule has 12 aromatic heterocycles. The lowest BCUT2D eigenvalue weighted by Gasteiger charge is -2.26. The van der Waals surface area contributed by atoms with Gasteiger partial charge in [0.2, 0.25) is 5.91 Å². The van der Waals surface area contributed by atoms with E-state index in [0.717, 1.165) is 16.7 Å². The number of phenolic OH excluding ortho intramolecular Hbond substituents is 1. The Balaban J connectivity index is 0.000000147. The molecule has 5 aromatic carbocycles. The highest BCUT2D eigenvalue weighted by Crippen LogP contribution is 2.30. The van der Waals surface area contributed by atoms with Gasteiger partial charge in [0, 0.05) is 131 Å². The van der Waals surface area contributed by atoms with Crippen LogP contribution in [-0.4, -0.2) is 227 Å². The molecule has 40 nitrogen and oxygen atoms in total. The Labute approximate surface area is 890 Å². The second kappa shape index (κ2) is 47.9. The number of thioether (sulfide) groups is 6. The number of phenols is 1. The van der Waals surface area contributed by atoms with Crippen LogP contribution in [0.1, 0.15) is 74.0 Å². The Morgan fingerprint density at radius 3 is 0.808 bits per heavy atom. The van der Waals surface area contributed by atoms with Crippen LogP contribution in [-0.2, 0) is 94.1 Å². The number of fused-ring (bicyclic) bond motifs is 6. The summed E-state index contributed by atoms with van der Waals surface area (Å²) in [5.74, 6) is 2.26. The Morgan fingerprint density at radius 2 is 0.562 bits per heavy atom. The third-order valence-corrected chi connectivity index (χ3v) is 31.5. The number of imidazole rings is 6. The van der Waals surface area contributed by atoms with E-state index in [1.807, 2.05) is 69.3 Å². The van der Waals surface area contributed by atoms with Crippen LogP contribution < -0.4 is 38.9 Å². The lowest BCUT2D eigenvalue weighted by molar-refractivity contribution is -0.132. The Kier molecular flexibility index (Phi) is 36.2. The zero-order valence-corrected chi connectivity index (χ0v) is 92.0. The molecule has 762 valence electrons. The number of nitrogens with zero attached hydrogens (tertiary/aromatic N) is 19. The van der Waals surface area contributed by atoms with Crippen LogP contribution in [0.3, 0.4) is 0 Å². The molecule has 0 aliphatic carbocycles. The number of Topliss-reactive ketones (excluding diaryl/α,β-unsaturated/α-hetero) is 5. The number of aromatic amines is 6. The predicted octanol–water partition coefficient (Wildman–Crippen LogP) is 13.4. The molecule has 146 heavy (non-hydrogen) atoms. The smallest absolute Gasteiger partial charge is 0.330 e. The number of aromatic nitrogens is 24. The number of H-pyrrole nitrogens is 6. The number of rotatable bonds is 24. The fraction of sp³-hybridized carbons (Fsp3) is 0.290. The van der Waals surface area contributed by atoms with Gasteiger partial charge in [-0.25, -0.2) is 58.7 Å². The summed E-state index contributed by atoms with van der Waals surface area (Å²) in [5.41, 5.74) is 12.0. The van der Waals surface area contributed by atoms with E-state index in [4.69, 9.17) is 94.4 Å². The third-order valence-electron chi connectivity index (χ3n) is 23.0. The van der Waals surface area contributed by atoms with Crippen LogP contribution in [0, 0.1) is 55.5 Å². The maximum absolute atomic E-state index is 12.4. The van der Waals surface area contributed by atoms with Crippen molar-refractivity contribution in [1.82, 2.24) is 120 Å². The Bertz CT molecular complexity index is 8520. The van der Waals surface area contributed by atoms with Gasteiger partial charge in [-0.05, 0) is 99.5 Å². The zero-order valence-electron chi connectivity index (χ0n) is 81.4. The van der Waals surface area contributed by atoms with Crippen molar-refractivity contribution in [2.24, 2.45) is 84.6 Å². The molecule has 1 aliphatic heterocycles. The van der Waals surface area contributed by atoms with Gasteiger partial charge < -0.3 is 49.4 Å². The van der Waals surface area contributed by atoms with Gasteiger partial charge in [0.25, 0.3) is 0 Å². The van der Waals surface area contributed by atoms with E-state index >= 15 is 0 Å². The first-order chi connectivity index (χ1) is 69.2. The number of halogens is 1. The summed E-state index contributed by atoms with van der Waals surface area (Å²) in [6.07, 6.45) is 0. The number of aryl methyl sites for hydroxylation is 10. The SMILES string of the molecule is COc1ccc(C(=O)CSc2nc3c([nH]2)c(=S)n(C)c(=O)n3C)cc1.Cc1cc(C(=O)CSc2nc3c([nH]2)c(=S)n(C)c(=O)n3C)ccc1Cl.Cc1cc(C(=O)CSc2nc3c([nH]2)c(=S)n(C)c(=O)n3C)ccc1O.Cc1ccc(C(=O)CSc2nc3c([nH]2)c(=S)n(C)c(=O)n3C)cc1.Cc1ccc(C(=O)CSc2nc3c([nH]2)c(=S)n(C)c(=O)n3C)cc1.Cn1c(=S)c2[nH]c(SCC(=O)N3CCOCC3)nc2n(C)c1=O. The van der Waals surface area contributed by atoms with Gasteiger partial charge in [0.05, 0.1) is 54.8 Å².